The van der Waals surface area contributed by atoms with Gasteiger partial charge in [-0.25, -0.2) is 4.57 Å². The molecule has 0 fully saturated rings. The van der Waals surface area contributed by atoms with Gasteiger partial charge in [-0.05, 0) is 0 Å². The third kappa shape index (κ3) is 146. The molecule has 0 atom stereocenters. The normalized spacial score (nSPS) is 9.83. The number of rotatable bonds is 0. The van der Waals surface area contributed by atoms with Gasteiger partial charge in [-0.3, -0.25) is 0 Å². The summed E-state index contributed by atoms with van der Waals surface area (Å²) in [6.07, 6.45) is 0. The van der Waals surface area contributed by atoms with Crippen molar-refractivity contribution in [3.05, 3.63) is 0 Å². The summed E-state index contributed by atoms with van der Waals surface area (Å²) in [5.74, 6) is 0. The Labute approximate surface area is 45.4 Å². The van der Waals surface area contributed by atoms with Gasteiger partial charge in [-0.1, -0.05) is 0 Å². The molecule has 0 aromatic heterocycles. The molecule has 3 N–H and O–H groups in total. The maximum absolute atomic E-state index is 8.88. The standard InChI is InChI=1S/GeH4.H3O4P/c;1-5(2,3)4/h1H4;(H3,1,2,3,4). The predicted molar refractivity (Wildman–Crippen MR) is 25.6 cm³/mol. The topological polar surface area (TPSA) is 77.8 Å². The molecule has 6 heavy (non-hydrogen) atoms. The van der Waals surface area contributed by atoms with Crippen molar-refractivity contribution in [3.63, 3.8) is 0 Å². The van der Waals surface area contributed by atoms with E-state index in [1.54, 1.807) is 0 Å². The molecule has 0 amide bonds. The molecule has 0 aliphatic carbocycles. The van der Waals surface area contributed by atoms with Crippen molar-refractivity contribution in [2.24, 2.45) is 0 Å². The van der Waals surface area contributed by atoms with Crippen molar-refractivity contribution in [1.82, 2.24) is 0 Å². The van der Waals surface area contributed by atoms with Gasteiger partial charge in [0.25, 0.3) is 0 Å². The average Bonchev–Trinajstić information content (AvgIpc) is 0.722. The minimum atomic E-state index is -4.64. The Balaban J connectivity index is 0. The van der Waals surface area contributed by atoms with E-state index in [-0.39, 0.29) is 17.6 Å². The second kappa shape index (κ2) is 2.76. The molecule has 0 radical (unpaired) electrons. The first-order valence-corrected chi connectivity index (χ1v) is 2.35. The summed E-state index contributed by atoms with van der Waals surface area (Å²) in [5, 5.41) is 0. The number of phosphoric acid groups is 1. The van der Waals surface area contributed by atoms with E-state index >= 15 is 0 Å². The van der Waals surface area contributed by atoms with Crippen LogP contribution >= 0.6 is 7.82 Å². The van der Waals surface area contributed by atoms with Crippen molar-refractivity contribution in [2.45, 2.75) is 0 Å². The third-order valence-corrected chi connectivity index (χ3v) is 0. The maximum atomic E-state index is 8.88. The third-order valence-electron chi connectivity index (χ3n) is 0. The predicted octanol–water partition coefficient (Wildman–Crippen LogP) is -2.38. The van der Waals surface area contributed by atoms with Gasteiger partial charge in [-0.2, -0.15) is 0 Å². The van der Waals surface area contributed by atoms with Crippen LogP contribution in [-0.2, 0) is 4.57 Å². The Kier molecular flexibility index (Phi) is 4.53. The first-order valence-electron chi connectivity index (χ1n) is 0.783. The summed E-state index contributed by atoms with van der Waals surface area (Å²) < 4.78 is 8.88. The van der Waals surface area contributed by atoms with E-state index in [1.807, 2.05) is 0 Å². The first-order chi connectivity index (χ1) is 2.00. The van der Waals surface area contributed by atoms with Crippen LogP contribution in [0.4, 0.5) is 0 Å². The number of hydrogen-bond acceptors (Lipinski definition) is 1. The van der Waals surface area contributed by atoms with Crippen molar-refractivity contribution in [1.29, 1.82) is 0 Å². The molecular weight excluding hydrogens is 168 g/mol. The van der Waals surface area contributed by atoms with E-state index < -0.39 is 7.82 Å². The molecule has 0 heterocycles. The van der Waals surface area contributed by atoms with Crippen LogP contribution < -0.4 is 0 Å². The van der Waals surface area contributed by atoms with Crippen molar-refractivity contribution in [2.75, 3.05) is 0 Å². The number of hydrogen-bond donors (Lipinski definition) is 3. The van der Waals surface area contributed by atoms with Crippen LogP contribution in [0, 0.1) is 0 Å². The van der Waals surface area contributed by atoms with Crippen LogP contribution in [0.3, 0.4) is 0 Å². The Bertz CT molecular complexity index is 53.7. The van der Waals surface area contributed by atoms with Gasteiger partial charge in [0.15, 0.2) is 0 Å². The van der Waals surface area contributed by atoms with Crippen molar-refractivity contribution < 1.29 is 19.2 Å². The zero-order valence-electron chi connectivity index (χ0n) is 2.20. The summed E-state index contributed by atoms with van der Waals surface area (Å²) in [5.41, 5.74) is 0. The fraction of sp³-hybridized carbons (Fsp3) is 0. The van der Waals surface area contributed by atoms with E-state index in [0.717, 1.165) is 0 Å². The van der Waals surface area contributed by atoms with Crippen LogP contribution in [-0.4, -0.2) is 32.3 Å². The second-order valence-electron chi connectivity index (χ2n) is 0.513. The van der Waals surface area contributed by atoms with E-state index in [0.29, 0.717) is 0 Å². The Morgan fingerprint density at radius 3 is 1.17 bits per heavy atom. The van der Waals surface area contributed by atoms with Crippen LogP contribution in [0.1, 0.15) is 0 Å². The van der Waals surface area contributed by atoms with Crippen LogP contribution in [0.5, 0.6) is 0 Å². The average molecular weight is 175 g/mol. The zero-order chi connectivity index (χ0) is 4.50. The summed E-state index contributed by atoms with van der Waals surface area (Å²) in [4.78, 5) is 21.6. The fourth-order valence-corrected chi connectivity index (χ4v) is 0. The molecular formula is H7GeO4P. The second-order valence-corrected chi connectivity index (χ2v) is 1.54. The van der Waals surface area contributed by atoms with E-state index in [1.165, 1.54) is 0 Å². The molecule has 4 nitrogen and oxygen atoms in total. The van der Waals surface area contributed by atoms with Crippen molar-refractivity contribution >= 4 is 25.4 Å². The van der Waals surface area contributed by atoms with E-state index in [9.17, 15) is 0 Å². The van der Waals surface area contributed by atoms with Gasteiger partial charge in [0.05, 0.1) is 0 Å². The molecule has 0 bridgehead atoms. The van der Waals surface area contributed by atoms with Gasteiger partial charge in [0.1, 0.15) is 0 Å². The molecule has 40 valence electrons. The van der Waals surface area contributed by atoms with Gasteiger partial charge < -0.3 is 14.7 Å². The van der Waals surface area contributed by atoms with Gasteiger partial charge in [0, 0.05) is 0 Å². The van der Waals surface area contributed by atoms with Gasteiger partial charge >= 0.3 is 25.4 Å². The van der Waals surface area contributed by atoms with E-state index in [4.69, 9.17) is 19.2 Å². The van der Waals surface area contributed by atoms with Crippen LogP contribution in [0.25, 0.3) is 0 Å². The molecule has 0 aliphatic rings. The first kappa shape index (κ1) is 9.82. The quantitative estimate of drug-likeness (QED) is 0.283. The molecule has 0 unspecified atom stereocenters. The minimum absolute atomic E-state index is 0. The zero-order valence-corrected chi connectivity index (χ0v) is 3.09. The summed E-state index contributed by atoms with van der Waals surface area (Å²) >= 11 is 0. The van der Waals surface area contributed by atoms with Crippen LogP contribution in [0.2, 0.25) is 0 Å². The fourth-order valence-electron chi connectivity index (χ4n) is 0. The summed E-state index contributed by atoms with van der Waals surface area (Å²) in [7, 11) is -4.64. The Morgan fingerprint density at radius 2 is 1.17 bits per heavy atom. The Hall–Kier alpha value is 0.653. The molecule has 0 rings (SSSR count). The Morgan fingerprint density at radius 1 is 1.17 bits per heavy atom. The van der Waals surface area contributed by atoms with E-state index in [2.05, 4.69) is 0 Å². The summed E-state index contributed by atoms with van der Waals surface area (Å²) in [6.45, 7) is 0. The van der Waals surface area contributed by atoms with Crippen LogP contribution in [0.15, 0.2) is 0 Å². The molecule has 6 heteroatoms. The van der Waals surface area contributed by atoms with Gasteiger partial charge in [0.2, 0.25) is 0 Å². The molecule has 0 aromatic rings. The molecule has 0 saturated carbocycles. The van der Waals surface area contributed by atoms with Gasteiger partial charge in [-0.15, -0.1) is 0 Å². The molecule has 0 aromatic carbocycles. The summed E-state index contributed by atoms with van der Waals surface area (Å²) in [6, 6.07) is 0. The monoisotopic (exact) mass is 176 g/mol. The SMILES string of the molecule is O=P(O)(O)O.[GeH4]. The molecule has 0 spiro atoms. The van der Waals surface area contributed by atoms with Crippen molar-refractivity contribution in [3.8, 4) is 0 Å². The molecule has 0 saturated heterocycles. The molecule has 0 aliphatic heterocycles.